The normalized spacial score (nSPS) is 15.7. The molecule has 0 unspecified atom stereocenters. The van der Waals surface area contributed by atoms with E-state index in [2.05, 4.69) is 74.3 Å². The van der Waals surface area contributed by atoms with Crippen molar-refractivity contribution in [3.05, 3.63) is 126 Å². The molecule has 0 radical (unpaired) electrons. The van der Waals surface area contributed by atoms with Crippen LogP contribution in [0.1, 0.15) is 27.5 Å². The summed E-state index contributed by atoms with van der Waals surface area (Å²) in [7, 11) is 0. The first-order valence-electron chi connectivity index (χ1n) is 15.1. The maximum absolute atomic E-state index is 14.3. The topological polar surface area (TPSA) is 79.9 Å². The van der Waals surface area contributed by atoms with Crippen LogP contribution in [0.15, 0.2) is 103 Å². The smallest absolute Gasteiger partial charge is 0.323 e. The van der Waals surface area contributed by atoms with E-state index >= 15 is 0 Å². The summed E-state index contributed by atoms with van der Waals surface area (Å²) in [5.41, 5.74) is 4.41. The minimum atomic E-state index is -0.574. The van der Waals surface area contributed by atoms with Crippen LogP contribution in [-0.2, 0) is 0 Å². The number of anilines is 3. The molecular weight excluding hydrogens is 555 g/mol. The molecule has 0 aromatic heterocycles. The van der Waals surface area contributed by atoms with Crippen LogP contribution >= 0.6 is 0 Å². The van der Waals surface area contributed by atoms with E-state index in [0.29, 0.717) is 24.3 Å². The fraction of sp³-hybridized carbons (Fsp3) is 0.257. The number of rotatable bonds is 7. The molecule has 44 heavy (non-hydrogen) atoms. The second-order valence-electron chi connectivity index (χ2n) is 11.1. The van der Waals surface area contributed by atoms with Crippen molar-refractivity contribution in [2.75, 3.05) is 67.9 Å². The SMILES string of the molecule is O=C(Nc1ccccc1F)Nc1cc(C(=O)N2CCNCC2)ccc1N1CCN(C(c2ccccc2)c2ccccc2)CC1. The third kappa shape index (κ3) is 6.74. The summed E-state index contributed by atoms with van der Waals surface area (Å²) in [4.78, 5) is 33.0. The van der Waals surface area contributed by atoms with Crippen molar-refractivity contribution < 1.29 is 14.0 Å². The molecular formula is C35H37FN6O2. The van der Waals surface area contributed by atoms with Gasteiger partial charge >= 0.3 is 6.03 Å². The molecule has 3 amide bonds. The summed E-state index contributed by atoms with van der Waals surface area (Å²) < 4.78 is 14.3. The average molecular weight is 593 g/mol. The quantitative estimate of drug-likeness (QED) is 0.267. The number of urea groups is 1. The van der Waals surface area contributed by atoms with Gasteiger partial charge in [0.2, 0.25) is 0 Å². The molecule has 8 nitrogen and oxygen atoms in total. The van der Waals surface area contributed by atoms with E-state index in [1.165, 1.54) is 23.3 Å². The molecule has 0 spiro atoms. The molecule has 2 fully saturated rings. The number of carbonyl (C=O) groups is 2. The standard InChI is InChI=1S/C35H37FN6O2/c36-29-13-7-8-14-30(29)38-35(44)39-31-25-28(34(43)42-19-17-37-18-20-42)15-16-32(31)40-21-23-41(24-22-40)33(26-9-3-1-4-10-26)27-11-5-2-6-12-27/h1-16,25,33,37H,17-24H2,(H2,38,39,44). The molecule has 0 atom stereocenters. The largest absolute Gasteiger partial charge is 0.367 e. The highest BCUT2D eigenvalue weighted by Crippen LogP contribution is 2.33. The van der Waals surface area contributed by atoms with Crippen LogP contribution in [0.25, 0.3) is 0 Å². The van der Waals surface area contributed by atoms with Gasteiger partial charge in [-0.05, 0) is 41.5 Å². The van der Waals surface area contributed by atoms with Crippen molar-refractivity contribution in [1.29, 1.82) is 0 Å². The van der Waals surface area contributed by atoms with Gasteiger partial charge in [0, 0.05) is 57.9 Å². The molecule has 2 aliphatic heterocycles. The summed E-state index contributed by atoms with van der Waals surface area (Å²) in [6, 6.07) is 32.2. The lowest BCUT2D eigenvalue weighted by molar-refractivity contribution is 0.0736. The first kappa shape index (κ1) is 29.3. The maximum atomic E-state index is 14.3. The Morgan fingerprint density at radius 3 is 1.91 bits per heavy atom. The number of halogens is 1. The van der Waals surface area contributed by atoms with Crippen molar-refractivity contribution in [2.24, 2.45) is 0 Å². The fourth-order valence-electron chi connectivity index (χ4n) is 6.04. The van der Waals surface area contributed by atoms with Crippen LogP contribution in [0.3, 0.4) is 0 Å². The van der Waals surface area contributed by atoms with Gasteiger partial charge in [0.15, 0.2) is 0 Å². The van der Waals surface area contributed by atoms with Crippen molar-refractivity contribution in [3.63, 3.8) is 0 Å². The van der Waals surface area contributed by atoms with E-state index in [1.807, 2.05) is 29.2 Å². The number of nitrogens with zero attached hydrogens (tertiary/aromatic N) is 3. The first-order chi connectivity index (χ1) is 21.6. The van der Waals surface area contributed by atoms with Crippen LogP contribution in [-0.4, -0.2) is 74.1 Å². The molecule has 2 heterocycles. The molecule has 4 aromatic rings. The molecule has 0 bridgehead atoms. The van der Waals surface area contributed by atoms with E-state index in [0.717, 1.165) is 45.0 Å². The van der Waals surface area contributed by atoms with Crippen LogP contribution < -0.4 is 20.9 Å². The van der Waals surface area contributed by atoms with E-state index in [4.69, 9.17) is 0 Å². The molecule has 0 saturated carbocycles. The molecule has 3 N–H and O–H groups in total. The number of carbonyl (C=O) groups excluding carboxylic acids is 2. The van der Waals surface area contributed by atoms with Gasteiger partial charge in [0.1, 0.15) is 5.82 Å². The Bertz CT molecular complexity index is 1530. The summed E-state index contributed by atoms with van der Waals surface area (Å²) in [6.07, 6.45) is 0. The van der Waals surface area contributed by atoms with Gasteiger partial charge in [-0.1, -0.05) is 72.8 Å². The minimum Gasteiger partial charge on any atom is -0.367 e. The zero-order valence-corrected chi connectivity index (χ0v) is 24.6. The lowest BCUT2D eigenvalue weighted by Gasteiger charge is -2.41. The van der Waals surface area contributed by atoms with Crippen LogP contribution in [0.2, 0.25) is 0 Å². The van der Waals surface area contributed by atoms with Gasteiger partial charge < -0.3 is 25.8 Å². The third-order valence-electron chi connectivity index (χ3n) is 8.27. The lowest BCUT2D eigenvalue weighted by Crippen LogP contribution is -2.48. The number of nitrogens with one attached hydrogen (secondary N) is 3. The maximum Gasteiger partial charge on any atom is 0.323 e. The Morgan fingerprint density at radius 2 is 1.27 bits per heavy atom. The number of para-hydroxylation sites is 1. The average Bonchev–Trinajstić information content (AvgIpc) is 3.07. The number of benzene rings is 4. The summed E-state index contributed by atoms with van der Waals surface area (Å²) in [6.45, 7) is 5.81. The highest BCUT2D eigenvalue weighted by Gasteiger charge is 2.28. The van der Waals surface area contributed by atoms with Crippen molar-refractivity contribution in [3.8, 4) is 0 Å². The van der Waals surface area contributed by atoms with Crippen LogP contribution in [0, 0.1) is 5.82 Å². The van der Waals surface area contributed by atoms with Gasteiger partial charge in [0.05, 0.1) is 23.1 Å². The molecule has 2 aliphatic rings. The zero-order chi connectivity index (χ0) is 30.3. The fourth-order valence-corrected chi connectivity index (χ4v) is 6.04. The van der Waals surface area contributed by atoms with Crippen molar-refractivity contribution in [1.82, 2.24) is 15.1 Å². The van der Waals surface area contributed by atoms with Gasteiger partial charge in [-0.3, -0.25) is 9.69 Å². The lowest BCUT2D eigenvalue weighted by atomic mass is 9.96. The highest BCUT2D eigenvalue weighted by atomic mass is 19.1. The summed E-state index contributed by atoms with van der Waals surface area (Å²) in [5.74, 6) is -0.595. The number of hydrogen-bond donors (Lipinski definition) is 3. The Balaban J connectivity index is 1.24. The highest BCUT2D eigenvalue weighted by molar-refractivity contribution is 6.04. The molecule has 6 rings (SSSR count). The van der Waals surface area contributed by atoms with Crippen molar-refractivity contribution >= 4 is 29.0 Å². The summed E-state index contributed by atoms with van der Waals surface area (Å²) >= 11 is 0. The van der Waals surface area contributed by atoms with Crippen molar-refractivity contribution in [2.45, 2.75) is 6.04 Å². The first-order valence-corrected chi connectivity index (χ1v) is 15.1. The second kappa shape index (κ2) is 13.7. The molecule has 9 heteroatoms. The van der Waals surface area contributed by atoms with Gasteiger partial charge in [-0.25, -0.2) is 9.18 Å². The van der Waals surface area contributed by atoms with Gasteiger partial charge in [-0.15, -0.1) is 0 Å². The number of hydrogen-bond acceptors (Lipinski definition) is 5. The Hall–Kier alpha value is -4.73. The van der Waals surface area contributed by atoms with Crippen LogP contribution in [0.5, 0.6) is 0 Å². The van der Waals surface area contributed by atoms with E-state index in [1.54, 1.807) is 18.2 Å². The monoisotopic (exact) mass is 592 g/mol. The Morgan fingerprint density at radius 1 is 0.682 bits per heavy atom. The predicted molar refractivity (Wildman–Crippen MR) is 173 cm³/mol. The number of piperazine rings is 2. The minimum absolute atomic E-state index is 0.0750. The second-order valence-corrected chi connectivity index (χ2v) is 11.1. The zero-order valence-electron chi connectivity index (χ0n) is 24.6. The van der Waals surface area contributed by atoms with E-state index in [9.17, 15) is 14.0 Å². The molecule has 226 valence electrons. The van der Waals surface area contributed by atoms with E-state index < -0.39 is 11.8 Å². The van der Waals surface area contributed by atoms with Crippen LogP contribution in [0.4, 0.5) is 26.2 Å². The third-order valence-corrected chi connectivity index (χ3v) is 8.27. The van der Waals surface area contributed by atoms with Gasteiger partial charge in [-0.2, -0.15) is 0 Å². The van der Waals surface area contributed by atoms with Gasteiger partial charge in [0.25, 0.3) is 5.91 Å². The Kier molecular flexibility index (Phi) is 9.14. The Labute approximate surface area is 257 Å². The molecule has 0 aliphatic carbocycles. The number of amides is 3. The van der Waals surface area contributed by atoms with E-state index in [-0.39, 0.29) is 17.6 Å². The molecule has 4 aromatic carbocycles. The summed E-state index contributed by atoms with van der Waals surface area (Å²) in [5, 5.41) is 8.79. The predicted octanol–water partition coefficient (Wildman–Crippen LogP) is 5.43. The molecule has 2 saturated heterocycles.